The number of rotatable bonds is 6. The highest BCUT2D eigenvalue weighted by Crippen LogP contribution is 2.27. The van der Waals surface area contributed by atoms with Crippen LogP contribution in [0.3, 0.4) is 0 Å². The van der Waals surface area contributed by atoms with Crippen LogP contribution in [0.2, 0.25) is 0 Å². The summed E-state index contributed by atoms with van der Waals surface area (Å²) in [7, 11) is 0. The van der Waals surface area contributed by atoms with Crippen LogP contribution in [0.15, 0.2) is 4.79 Å². The molecule has 0 aliphatic heterocycles. The van der Waals surface area contributed by atoms with E-state index in [1.807, 2.05) is 13.8 Å². The highest BCUT2D eigenvalue weighted by atomic mass is 32.1. The number of nitrogens with zero attached hydrogens (tertiary/aromatic N) is 1. The second-order valence-electron chi connectivity index (χ2n) is 5.83. The number of carbonyl (C=O) groups excluding carboxylic acids is 1. The van der Waals surface area contributed by atoms with Crippen LogP contribution in [-0.2, 0) is 11.3 Å². The van der Waals surface area contributed by atoms with Crippen LogP contribution in [0, 0.1) is 19.8 Å². The molecule has 0 saturated heterocycles. The highest BCUT2D eigenvalue weighted by molar-refractivity contribution is 7.09. The summed E-state index contributed by atoms with van der Waals surface area (Å²) < 4.78 is 1.65. The van der Waals surface area contributed by atoms with Gasteiger partial charge < -0.3 is 15.0 Å². The van der Waals surface area contributed by atoms with Crippen molar-refractivity contribution >= 4 is 17.2 Å². The maximum atomic E-state index is 11.8. The zero-order chi connectivity index (χ0) is 15.4. The number of aliphatic hydroxyl groups is 1. The zero-order valence-corrected chi connectivity index (χ0v) is 13.5. The first kappa shape index (κ1) is 16.2. The number of thiazole rings is 1. The van der Waals surface area contributed by atoms with Crippen LogP contribution >= 0.6 is 11.3 Å². The Hall–Kier alpha value is -1.14. The van der Waals surface area contributed by atoms with Crippen LogP contribution in [0.1, 0.15) is 42.7 Å². The van der Waals surface area contributed by atoms with Crippen molar-refractivity contribution in [3.8, 4) is 0 Å². The molecule has 1 fully saturated rings. The summed E-state index contributed by atoms with van der Waals surface area (Å²) in [6.45, 7) is 4.53. The number of aryl methyl sites for hydroxylation is 1. The van der Waals surface area contributed by atoms with Gasteiger partial charge in [-0.15, -0.1) is 0 Å². The standard InChI is InChI=1S/C15H24N2O3S/c1-10-11(2)21-15(20)17(10)8-7-14(19)16-9-13(18)12-5-3-4-6-12/h12-13,18H,3-9H2,1-2H3,(H,16,19). The minimum absolute atomic E-state index is 0.0104. The van der Waals surface area contributed by atoms with E-state index in [1.54, 1.807) is 4.57 Å². The molecule has 2 rings (SSSR count). The van der Waals surface area contributed by atoms with E-state index in [-0.39, 0.29) is 17.2 Å². The number of carbonyl (C=O) groups is 1. The smallest absolute Gasteiger partial charge is 0.307 e. The van der Waals surface area contributed by atoms with Gasteiger partial charge in [-0.25, -0.2) is 0 Å². The van der Waals surface area contributed by atoms with Crippen LogP contribution in [-0.4, -0.2) is 28.2 Å². The summed E-state index contributed by atoms with van der Waals surface area (Å²) in [5.41, 5.74) is 0.934. The van der Waals surface area contributed by atoms with E-state index in [0.717, 1.165) is 23.4 Å². The van der Waals surface area contributed by atoms with E-state index in [1.165, 1.54) is 24.2 Å². The number of hydrogen-bond donors (Lipinski definition) is 2. The number of hydrogen-bond acceptors (Lipinski definition) is 4. The maximum absolute atomic E-state index is 11.8. The molecule has 1 heterocycles. The molecular formula is C15H24N2O3S. The summed E-state index contributed by atoms with van der Waals surface area (Å²) in [4.78, 5) is 24.5. The van der Waals surface area contributed by atoms with E-state index >= 15 is 0 Å². The van der Waals surface area contributed by atoms with Gasteiger partial charge in [-0.05, 0) is 32.6 Å². The lowest BCUT2D eigenvalue weighted by molar-refractivity contribution is -0.121. The van der Waals surface area contributed by atoms with Crippen LogP contribution < -0.4 is 10.2 Å². The topological polar surface area (TPSA) is 71.3 Å². The number of aliphatic hydroxyl groups excluding tert-OH is 1. The fourth-order valence-electron chi connectivity index (χ4n) is 2.87. The lowest BCUT2D eigenvalue weighted by atomic mass is 10.0. The van der Waals surface area contributed by atoms with Crippen molar-refractivity contribution in [2.24, 2.45) is 5.92 Å². The molecule has 0 aromatic carbocycles. The zero-order valence-electron chi connectivity index (χ0n) is 12.7. The summed E-state index contributed by atoms with van der Waals surface area (Å²) >= 11 is 1.22. The Balaban J connectivity index is 1.75. The molecule has 1 saturated carbocycles. The largest absolute Gasteiger partial charge is 0.391 e. The van der Waals surface area contributed by atoms with E-state index in [2.05, 4.69) is 5.32 Å². The molecule has 1 amide bonds. The fraction of sp³-hybridized carbons (Fsp3) is 0.733. The molecule has 1 aliphatic carbocycles. The molecule has 5 nitrogen and oxygen atoms in total. The predicted octanol–water partition coefficient (Wildman–Crippen LogP) is 1.58. The Morgan fingerprint density at radius 2 is 2.10 bits per heavy atom. The third-order valence-corrected chi connectivity index (χ3v) is 5.39. The minimum atomic E-state index is -0.440. The minimum Gasteiger partial charge on any atom is -0.391 e. The lowest BCUT2D eigenvalue weighted by Crippen LogP contribution is -2.36. The molecule has 21 heavy (non-hydrogen) atoms. The molecule has 1 aliphatic rings. The van der Waals surface area contributed by atoms with Crippen molar-refractivity contribution in [3.05, 3.63) is 20.2 Å². The maximum Gasteiger partial charge on any atom is 0.307 e. The van der Waals surface area contributed by atoms with Gasteiger partial charge in [0.15, 0.2) is 0 Å². The second-order valence-corrected chi connectivity index (χ2v) is 6.99. The van der Waals surface area contributed by atoms with Gasteiger partial charge in [0.1, 0.15) is 0 Å². The quantitative estimate of drug-likeness (QED) is 0.838. The summed E-state index contributed by atoms with van der Waals surface area (Å²) in [6.07, 6.45) is 4.29. The summed E-state index contributed by atoms with van der Waals surface area (Å²) in [5, 5.41) is 12.8. The first-order valence-electron chi connectivity index (χ1n) is 7.60. The number of amides is 1. The third kappa shape index (κ3) is 4.17. The van der Waals surface area contributed by atoms with Crippen molar-refractivity contribution < 1.29 is 9.90 Å². The van der Waals surface area contributed by atoms with Crippen molar-refractivity contribution in [1.29, 1.82) is 0 Å². The van der Waals surface area contributed by atoms with E-state index < -0.39 is 6.10 Å². The van der Waals surface area contributed by atoms with E-state index in [0.29, 0.717) is 19.0 Å². The van der Waals surface area contributed by atoms with Crippen molar-refractivity contribution in [3.63, 3.8) is 0 Å². The molecule has 2 N–H and O–H groups in total. The van der Waals surface area contributed by atoms with Crippen LogP contribution in [0.5, 0.6) is 0 Å². The van der Waals surface area contributed by atoms with Gasteiger partial charge in [-0.3, -0.25) is 9.59 Å². The molecule has 6 heteroatoms. The molecule has 1 aromatic rings. The second kappa shape index (κ2) is 7.22. The van der Waals surface area contributed by atoms with Crippen molar-refractivity contribution in [1.82, 2.24) is 9.88 Å². The fourth-order valence-corrected chi connectivity index (χ4v) is 3.73. The Morgan fingerprint density at radius 1 is 1.43 bits per heavy atom. The third-order valence-electron chi connectivity index (χ3n) is 4.39. The van der Waals surface area contributed by atoms with Gasteiger partial charge in [-0.2, -0.15) is 0 Å². The van der Waals surface area contributed by atoms with Crippen molar-refractivity contribution in [2.45, 2.75) is 58.6 Å². The first-order valence-corrected chi connectivity index (χ1v) is 8.42. The number of nitrogens with one attached hydrogen (secondary N) is 1. The molecule has 1 atom stereocenters. The first-order chi connectivity index (χ1) is 9.99. The van der Waals surface area contributed by atoms with Gasteiger partial charge in [-0.1, -0.05) is 24.2 Å². The predicted molar refractivity (Wildman–Crippen MR) is 83.6 cm³/mol. The molecule has 1 unspecified atom stereocenters. The monoisotopic (exact) mass is 312 g/mol. The summed E-state index contributed by atoms with van der Waals surface area (Å²) in [6, 6.07) is 0. The molecular weight excluding hydrogens is 288 g/mol. The Morgan fingerprint density at radius 3 is 2.67 bits per heavy atom. The Kier molecular flexibility index (Phi) is 5.58. The molecule has 1 aromatic heterocycles. The van der Waals surface area contributed by atoms with E-state index in [4.69, 9.17) is 0 Å². The van der Waals surface area contributed by atoms with Gasteiger partial charge in [0.25, 0.3) is 0 Å². The molecule has 0 bridgehead atoms. The molecule has 0 radical (unpaired) electrons. The number of aromatic nitrogens is 1. The normalized spacial score (nSPS) is 17.1. The van der Waals surface area contributed by atoms with Crippen LogP contribution in [0.4, 0.5) is 0 Å². The Labute approximate surface area is 129 Å². The van der Waals surface area contributed by atoms with Crippen LogP contribution in [0.25, 0.3) is 0 Å². The average Bonchev–Trinajstić information content (AvgIpc) is 3.05. The molecule has 0 spiro atoms. The van der Waals surface area contributed by atoms with Gasteiger partial charge in [0.05, 0.1) is 6.10 Å². The summed E-state index contributed by atoms with van der Waals surface area (Å²) in [5.74, 6) is 0.219. The van der Waals surface area contributed by atoms with Gasteiger partial charge >= 0.3 is 4.87 Å². The molecule has 118 valence electrons. The average molecular weight is 312 g/mol. The van der Waals surface area contributed by atoms with Gasteiger partial charge in [0.2, 0.25) is 5.91 Å². The van der Waals surface area contributed by atoms with Crippen molar-refractivity contribution in [2.75, 3.05) is 6.54 Å². The highest BCUT2D eigenvalue weighted by Gasteiger charge is 2.23. The Bertz CT molecular complexity index is 544. The van der Waals surface area contributed by atoms with Gasteiger partial charge in [0, 0.05) is 30.1 Å². The lowest BCUT2D eigenvalue weighted by Gasteiger charge is -2.18. The SMILES string of the molecule is Cc1sc(=O)n(CCC(=O)NCC(O)C2CCCC2)c1C. The van der Waals surface area contributed by atoms with E-state index in [9.17, 15) is 14.7 Å².